The molecule has 0 aliphatic rings. The summed E-state index contributed by atoms with van der Waals surface area (Å²) in [4.78, 5) is 16.7. The summed E-state index contributed by atoms with van der Waals surface area (Å²) in [5.41, 5.74) is 3.76. The first kappa shape index (κ1) is 15.8. The number of oxazole rings is 1. The van der Waals surface area contributed by atoms with Gasteiger partial charge in [0.25, 0.3) is 5.91 Å². The average molecular weight is 322 g/mol. The van der Waals surface area contributed by atoms with E-state index in [4.69, 9.17) is 9.15 Å². The zero-order valence-electron chi connectivity index (χ0n) is 13.8. The van der Waals surface area contributed by atoms with Crippen LogP contribution in [-0.2, 0) is 0 Å². The maximum Gasteiger partial charge on any atom is 0.278 e. The summed E-state index contributed by atoms with van der Waals surface area (Å²) in [6.07, 6.45) is 1.27. The highest BCUT2D eigenvalue weighted by molar-refractivity contribution is 6.07. The largest absolute Gasteiger partial charge is 0.497 e. The Hall–Kier alpha value is -3.08. The van der Waals surface area contributed by atoms with Gasteiger partial charge in [-0.15, -0.1) is 0 Å². The van der Waals surface area contributed by atoms with Crippen LogP contribution in [0, 0.1) is 13.8 Å². The third-order valence-corrected chi connectivity index (χ3v) is 3.83. The fourth-order valence-corrected chi connectivity index (χ4v) is 2.56. The Bertz CT molecular complexity index is 864. The van der Waals surface area contributed by atoms with Gasteiger partial charge in [-0.3, -0.25) is 4.79 Å². The Morgan fingerprint density at radius 3 is 2.54 bits per heavy atom. The van der Waals surface area contributed by atoms with Gasteiger partial charge in [0, 0.05) is 11.3 Å². The molecular weight excluding hydrogens is 304 g/mol. The number of nitrogens with zero attached hydrogens (tertiary/aromatic N) is 1. The molecule has 0 fully saturated rings. The number of benzene rings is 2. The summed E-state index contributed by atoms with van der Waals surface area (Å²) in [5, 5.41) is 2.93. The molecule has 0 aliphatic heterocycles. The Balaban J connectivity index is 1.94. The highest BCUT2D eigenvalue weighted by atomic mass is 16.5. The standard InChI is InChI=1S/C19H18N2O3/c1-12-6-4-7-13(2)16(12)21-19(22)17-18(24-11-20-17)14-8-5-9-15(10-14)23-3/h4-11H,1-3H3,(H,21,22). The minimum atomic E-state index is -0.307. The zero-order valence-corrected chi connectivity index (χ0v) is 13.8. The molecule has 0 aliphatic carbocycles. The molecule has 1 N–H and O–H groups in total. The van der Waals surface area contributed by atoms with E-state index in [0.717, 1.165) is 22.4 Å². The second kappa shape index (κ2) is 6.58. The monoisotopic (exact) mass is 322 g/mol. The van der Waals surface area contributed by atoms with Crippen LogP contribution in [0.4, 0.5) is 5.69 Å². The van der Waals surface area contributed by atoms with Gasteiger partial charge >= 0.3 is 0 Å². The lowest BCUT2D eigenvalue weighted by Gasteiger charge is -2.11. The van der Waals surface area contributed by atoms with Crippen molar-refractivity contribution in [2.45, 2.75) is 13.8 Å². The normalized spacial score (nSPS) is 10.5. The van der Waals surface area contributed by atoms with Crippen molar-refractivity contribution in [3.63, 3.8) is 0 Å². The summed E-state index contributed by atoms with van der Waals surface area (Å²) in [6, 6.07) is 13.2. The number of rotatable bonds is 4. The van der Waals surface area contributed by atoms with E-state index in [2.05, 4.69) is 10.3 Å². The highest BCUT2D eigenvalue weighted by Crippen LogP contribution is 2.28. The van der Waals surface area contributed by atoms with Crippen LogP contribution in [0.3, 0.4) is 0 Å². The van der Waals surface area contributed by atoms with Gasteiger partial charge in [-0.2, -0.15) is 0 Å². The topological polar surface area (TPSA) is 64.4 Å². The van der Waals surface area contributed by atoms with Gasteiger partial charge in [-0.1, -0.05) is 30.3 Å². The van der Waals surface area contributed by atoms with Crippen molar-refractivity contribution in [1.29, 1.82) is 0 Å². The van der Waals surface area contributed by atoms with E-state index in [1.807, 2.05) is 50.2 Å². The first-order chi connectivity index (χ1) is 11.6. The fourth-order valence-electron chi connectivity index (χ4n) is 2.56. The van der Waals surface area contributed by atoms with Gasteiger partial charge in [-0.05, 0) is 37.1 Å². The van der Waals surface area contributed by atoms with Gasteiger partial charge in [0.05, 0.1) is 7.11 Å². The molecule has 3 aromatic rings. The van der Waals surface area contributed by atoms with Crippen molar-refractivity contribution < 1.29 is 13.9 Å². The molecule has 1 heterocycles. The number of hydrogen-bond donors (Lipinski definition) is 1. The predicted octanol–water partition coefficient (Wildman–Crippen LogP) is 4.22. The lowest BCUT2D eigenvalue weighted by atomic mass is 10.1. The molecule has 24 heavy (non-hydrogen) atoms. The van der Waals surface area contributed by atoms with Crippen LogP contribution in [0.25, 0.3) is 11.3 Å². The molecule has 0 bridgehead atoms. The summed E-state index contributed by atoms with van der Waals surface area (Å²) >= 11 is 0. The third-order valence-electron chi connectivity index (χ3n) is 3.83. The molecule has 2 aromatic carbocycles. The molecule has 0 unspecified atom stereocenters. The summed E-state index contributed by atoms with van der Waals surface area (Å²) in [7, 11) is 1.59. The quantitative estimate of drug-likeness (QED) is 0.781. The van der Waals surface area contributed by atoms with E-state index in [1.54, 1.807) is 13.2 Å². The molecule has 0 saturated carbocycles. The van der Waals surface area contributed by atoms with E-state index in [9.17, 15) is 4.79 Å². The summed E-state index contributed by atoms with van der Waals surface area (Å²) < 4.78 is 10.7. The molecule has 1 aromatic heterocycles. The highest BCUT2D eigenvalue weighted by Gasteiger charge is 2.20. The summed E-state index contributed by atoms with van der Waals surface area (Å²) in [5.74, 6) is 0.793. The maximum atomic E-state index is 12.7. The van der Waals surface area contributed by atoms with Gasteiger partial charge < -0.3 is 14.5 Å². The van der Waals surface area contributed by atoms with Crippen LogP contribution in [0.2, 0.25) is 0 Å². The van der Waals surface area contributed by atoms with E-state index in [0.29, 0.717) is 11.5 Å². The van der Waals surface area contributed by atoms with Crippen molar-refractivity contribution in [3.8, 4) is 17.1 Å². The maximum absolute atomic E-state index is 12.7. The molecule has 5 heteroatoms. The minimum Gasteiger partial charge on any atom is -0.497 e. The molecule has 0 spiro atoms. The number of ether oxygens (including phenoxy) is 1. The van der Waals surface area contributed by atoms with E-state index in [1.165, 1.54) is 6.39 Å². The summed E-state index contributed by atoms with van der Waals surface area (Å²) in [6.45, 7) is 3.91. The molecule has 0 radical (unpaired) electrons. The number of anilines is 1. The molecule has 3 rings (SSSR count). The van der Waals surface area contributed by atoms with Gasteiger partial charge in [-0.25, -0.2) is 4.98 Å². The number of methoxy groups -OCH3 is 1. The Morgan fingerprint density at radius 1 is 1.12 bits per heavy atom. The number of carbonyl (C=O) groups is 1. The Labute approximate surface area is 140 Å². The van der Waals surface area contributed by atoms with Crippen LogP contribution >= 0.6 is 0 Å². The lowest BCUT2D eigenvalue weighted by molar-refractivity contribution is 0.102. The van der Waals surface area contributed by atoms with Gasteiger partial charge in [0.2, 0.25) is 0 Å². The number of aromatic nitrogens is 1. The second-order valence-corrected chi connectivity index (χ2v) is 5.48. The Morgan fingerprint density at radius 2 is 1.83 bits per heavy atom. The predicted molar refractivity (Wildman–Crippen MR) is 92.4 cm³/mol. The van der Waals surface area contributed by atoms with Crippen LogP contribution in [-0.4, -0.2) is 18.0 Å². The first-order valence-electron chi connectivity index (χ1n) is 7.55. The zero-order chi connectivity index (χ0) is 17.1. The molecule has 1 amide bonds. The van der Waals surface area contributed by atoms with Gasteiger partial charge in [0.15, 0.2) is 17.8 Å². The molecule has 0 atom stereocenters. The first-order valence-corrected chi connectivity index (χ1v) is 7.55. The third kappa shape index (κ3) is 3.01. The Kier molecular flexibility index (Phi) is 4.33. The van der Waals surface area contributed by atoms with Crippen molar-refractivity contribution in [3.05, 3.63) is 65.7 Å². The van der Waals surface area contributed by atoms with Crippen molar-refractivity contribution in [2.24, 2.45) is 0 Å². The van der Waals surface area contributed by atoms with Crippen LogP contribution in [0.15, 0.2) is 53.3 Å². The number of aryl methyl sites for hydroxylation is 2. The SMILES string of the molecule is COc1cccc(-c2ocnc2C(=O)Nc2c(C)cccc2C)c1. The van der Waals surface area contributed by atoms with E-state index < -0.39 is 0 Å². The van der Waals surface area contributed by atoms with Crippen LogP contribution < -0.4 is 10.1 Å². The number of nitrogens with one attached hydrogen (secondary N) is 1. The number of hydrogen-bond acceptors (Lipinski definition) is 4. The van der Waals surface area contributed by atoms with Crippen LogP contribution in [0.1, 0.15) is 21.6 Å². The number of carbonyl (C=O) groups excluding carboxylic acids is 1. The molecule has 5 nitrogen and oxygen atoms in total. The minimum absolute atomic E-state index is 0.242. The molecule has 122 valence electrons. The number of amides is 1. The second-order valence-electron chi connectivity index (χ2n) is 5.48. The van der Waals surface area contributed by atoms with Crippen molar-refractivity contribution in [2.75, 3.05) is 12.4 Å². The fraction of sp³-hybridized carbons (Fsp3) is 0.158. The van der Waals surface area contributed by atoms with Crippen molar-refractivity contribution >= 4 is 11.6 Å². The van der Waals surface area contributed by atoms with Crippen LogP contribution in [0.5, 0.6) is 5.75 Å². The van der Waals surface area contributed by atoms with Gasteiger partial charge in [0.1, 0.15) is 5.75 Å². The smallest absolute Gasteiger partial charge is 0.278 e. The van der Waals surface area contributed by atoms with E-state index in [-0.39, 0.29) is 11.6 Å². The number of para-hydroxylation sites is 1. The average Bonchev–Trinajstić information content (AvgIpc) is 3.08. The van der Waals surface area contributed by atoms with E-state index >= 15 is 0 Å². The molecule has 0 saturated heterocycles. The lowest BCUT2D eigenvalue weighted by Crippen LogP contribution is -2.15. The molecular formula is C19H18N2O3. The van der Waals surface area contributed by atoms with Crippen molar-refractivity contribution in [1.82, 2.24) is 4.98 Å².